The summed E-state index contributed by atoms with van der Waals surface area (Å²) < 4.78 is 47.7. The molecule has 2 saturated heterocycles. The molecule has 2 aromatic heterocycles. The van der Waals surface area contributed by atoms with Gasteiger partial charge in [0.1, 0.15) is 28.2 Å². The van der Waals surface area contributed by atoms with Gasteiger partial charge < -0.3 is 49.4 Å². The zero-order chi connectivity index (χ0) is 50.2. The predicted octanol–water partition coefficient (Wildman–Crippen LogP) is 5.65. The van der Waals surface area contributed by atoms with Crippen LogP contribution in [0, 0.1) is 17.8 Å². The Morgan fingerprint density at radius 1 is 1.03 bits per heavy atom. The summed E-state index contributed by atoms with van der Waals surface area (Å²) in [6.07, 6.45) is -6.72. The van der Waals surface area contributed by atoms with Crippen molar-refractivity contribution in [2.45, 2.75) is 175 Å². The number of anilines is 1. The van der Waals surface area contributed by atoms with Gasteiger partial charge >= 0.3 is 11.9 Å². The van der Waals surface area contributed by atoms with Gasteiger partial charge in [0.2, 0.25) is 5.91 Å². The molecular weight excluding hydrogens is 892 g/mol. The van der Waals surface area contributed by atoms with Crippen LogP contribution in [-0.2, 0) is 54.3 Å². The Hall–Kier alpha value is -4.31. The molecule has 0 unspecified atom stereocenters. The first-order valence-electron chi connectivity index (χ1n) is 22.9. The second-order valence-corrected chi connectivity index (χ2v) is 19.4. The molecule has 4 rings (SSSR count). The van der Waals surface area contributed by atoms with E-state index < -0.39 is 101 Å². The quantitative estimate of drug-likeness (QED) is 0.0897. The number of Topliss-reactive ketones (excluding diaryl/α,β-unsaturated/α-hetero) is 1. The van der Waals surface area contributed by atoms with Gasteiger partial charge in [0.15, 0.2) is 24.8 Å². The molecule has 0 aromatic carbocycles. The van der Waals surface area contributed by atoms with E-state index in [1.54, 1.807) is 66.9 Å². The van der Waals surface area contributed by atoms with E-state index in [1.165, 1.54) is 39.0 Å². The molecule has 67 heavy (non-hydrogen) atoms. The number of nitrogens with two attached hydrogens (primary N) is 1. The number of alkyl halides is 1. The molecule has 13 atom stereocenters. The SMILES string of the molecule is CCC(=O)N=C1[C@H](C)C[C@@](C)(O)[C@H](O[C@@H]2O[C@H](C)C[C@H](N(C)C)[C@H]2OC(C)=O)[C@@H](C)C(=O)[C@](C)(F)C(=O)O[C@H](CC)[C@@](C)(O)[C@H](OC/C(CC)=N\OCc2csc(-c3cccc(N)n3)n2)[C@H]1C. The maximum atomic E-state index is 17.0. The zero-order valence-corrected chi connectivity index (χ0v) is 41.9. The second-order valence-electron chi connectivity index (χ2n) is 18.5. The van der Waals surface area contributed by atoms with E-state index in [2.05, 4.69) is 20.1 Å². The largest absolute Gasteiger partial charge is 0.457 e. The smallest absolute Gasteiger partial charge is 0.351 e. The van der Waals surface area contributed by atoms with Gasteiger partial charge in [0.25, 0.3) is 5.67 Å². The fourth-order valence-electron chi connectivity index (χ4n) is 8.94. The summed E-state index contributed by atoms with van der Waals surface area (Å²) in [4.78, 5) is 75.0. The normalized spacial score (nSPS) is 34.4. The first-order valence-corrected chi connectivity index (χ1v) is 23.8. The molecule has 0 spiro atoms. The van der Waals surface area contributed by atoms with E-state index in [9.17, 15) is 29.4 Å². The minimum absolute atomic E-state index is 0.0116. The van der Waals surface area contributed by atoms with Crippen LogP contribution in [0.1, 0.15) is 114 Å². The Labute approximate surface area is 397 Å². The van der Waals surface area contributed by atoms with Crippen LogP contribution in [0.3, 0.4) is 0 Å². The molecule has 2 aliphatic rings. The van der Waals surface area contributed by atoms with E-state index in [0.717, 1.165) is 6.92 Å². The van der Waals surface area contributed by atoms with Gasteiger partial charge in [-0.25, -0.2) is 24.1 Å². The Morgan fingerprint density at radius 3 is 2.31 bits per heavy atom. The van der Waals surface area contributed by atoms with Crippen molar-refractivity contribution in [2.75, 3.05) is 26.4 Å². The third-order valence-electron chi connectivity index (χ3n) is 12.5. The number of nitrogens with zero attached hydrogens (tertiary/aromatic N) is 5. The topological polar surface area (TPSA) is 244 Å². The fraction of sp³-hybridized carbons (Fsp3) is 0.702. The molecule has 18 nitrogen and oxygen atoms in total. The lowest BCUT2D eigenvalue weighted by Crippen LogP contribution is -2.61. The number of nitrogen functional groups attached to an aromatic ring is 1. The number of hydrogen-bond donors (Lipinski definition) is 3. The Bertz CT molecular complexity index is 2090. The highest BCUT2D eigenvalue weighted by atomic mass is 32.1. The standard InChI is InChI=1S/C47H71FN6O12S/c1-14-30(53-62-23-31-24-67-42(50-31)32-18-17-19-35(49)51-32)22-61-41-27(6)37(52-36(56)16-3)25(4)21-45(9,59)40(66-43-38(64-29(8)55)33(54(12)13)20-26(5)63-43)28(7)39(57)46(10,48)44(58)65-34(15-2)47(41,11)60/h17-19,24-28,33-34,38,40-41,43,59-60H,14-16,20-23H2,1-13H3,(H2,49,51)/b52-37?,53-30-/t25-,26-,27+,28+,33+,34-,38-,40-,41-,43+,45-,46+,47-/m1/s1. The molecule has 0 radical (unpaired) electrons. The maximum absolute atomic E-state index is 17.0. The van der Waals surface area contributed by atoms with Crippen LogP contribution in [0.4, 0.5) is 10.2 Å². The third kappa shape index (κ3) is 13.7. The number of oxime groups is 1. The van der Waals surface area contributed by atoms with E-state index >= 15 is 4.39 Å². The summed E-state index contributed by atoms with van der Waals surface area (Å²) in [5.41, 5.74) is 0.204. The summed E-state index contributed by atoms with van der Waals surface area (Å²) in [5, 5.41) is 31.9. The molecule has 4 heterocycles. The molecule has 20 heteroatoms. The highest BCUT2D eigenvalue weighted by molar-refractivity contribution is 7.13. The molecule has 4 N–H and O–H groups in total. The first-order chi connectivity index (χ1) is 31.3. The van der Waals surface area contributed by atoms with Crippen LogP contribution in [0.5, 0.6) is 0 Å². The highest BCUT2D eigenvalue weighted by Crippen LogP contribution is 2.39. The van der Waals surface area contributed by atoms with Crippen molar-refractivity contribution in [2.24, 2.45) is 27.9 Å². The summed E-state index contributed by atoms with van der Waals surface area (Å²) in [6.45, 7) is 16.1. The average Bonchev–Trinajstić information content (AvgIpc) is 3.73. The number of cyclic esters (lactones) is 1. The van der Waals surface area contributed by atoms with Crippen molar-refractivity contribution in [1.82, 2.24) is 14.9 Å². The molecule has 2 fully saturated rings. The Kier molecular flexibility index (Phi) is 19.3. The second kappa shape index (κ2) is 23.3. The van der Waals surface area contributed by atoms with Gasteiger partial charge in [0.05, 0.1) is 48.0 Å². The lowest BCUT2D eigenvalue weighted by molar-refractivity contribution is -0.295. The summed E-state index contributed by atoms with van der Waals surface area (Å²) in [5.74, 6) is -6.92. The molecule has 2 aromatic rings. The van der Waals surface area contributed by atoms with E-state index in [4.69, 9.17) is 34.3 Å². The molecule has 2 aliphatic heterocycles. The molecule has 0 bridgehead atoms. The number of amides is 1. The lowest BCUT2D eigenvalue weighted by Gasteiger charge is -2.47. The molecular formula is C47H71FN6O12S. The van der Waals surface area contributed by atoms with Gasteiger partial charge in [-0.1, -0.05) is 52.8 Å². The molecule has 1 amide bonds. The van der Waals surface area contributed by atoms with Crippen LogP contribution in [0.2, 0.25) is 0 Å². The van der Waals surface area contributed by atoms with Crippen LogP contribution in [-0.4, -0.2) is 141 Å². The first kappa shape index (κ1) is 55.3. The molecule has 0 saturated carbocycles. The number of pyridine rings is 1. The average molecular weight is 963 g/mol. The number of hydrogen-bond acceptors (Lipinski definition) is 18. The molecule has 0 aliphatic carbocycles. The van der Waals surface area contributed by atoms with Crippen LogP contribution in [0.15, 0.2) is 33.7 Å². The lowest BCUT2D eigenvalue weighted by atomic mass is 9.73. The van der Waals surface area contributed by atoms with Crippen molar-refractivity contribution < 1.29 is 62.3 Å². The van der Waals surface area contributed by atoms with E-state index in [1.807, 2.05) is 17.2 Å². The number of ether oxygens (including phenoxy) is 5. The predicted molar refractivity (Wildman–Crippen MR) is 250 cm³/mol. The van der Waals surface area contributed by atoms with Gasteiger partial charge in [-0.3, -0.25) is 14.4 Å². The van der Waals surface area contributed by atoms with Gasteiger partial charge in [-0.05, 0) is 85.5 Å². The van der Waals surface area contributed by atoms with E-state index in [0.29, 0.717) is 40.8 Å². The van der Waals surface area contributed by atoms with Crippen molar-refractivity contribution in [1.29, 1.82) is 0 Å². The summed E-state index contributed by atoms with van der Waals surface area (Å²) in [7, 11) is 3.59. The number of esters is 2. The zero-order valence-electron chi connectivity index (χ0n) is 41.1. The Balaban J connectivity index is 1.77. The minimum atomic E-state index is -3.32. The van der Waals surface area contributed by atoms with Crippen molar-refractivity contribution in [3.63, 3.8) is 0 Å². The van der Waals surface area contributed by atoms with Crippen molar-refractivity contribution >= 4 is 52.2 Å². The van der Waals surface area contributed by atoms with Crippen LogP contribution in [0.25, 0.3) is 10.7 Å². The van der Waals surface area contributed by atoms with Gasteiger partial charge in [-0.15, -0.1) is 11.3 Å². The van der Waals surface area contributed by atoms with Crippen LogP contribution >= 0.6 is 11.3 Å². The number of halogens is 1. The maximum Gasteiger partial charge on any atom is 0.351 e. The number of aliphatic hydroxyl groups is 2. The van der Waals surface area contributed by atoms with Gasteiger partial charge in [-0.2, -0.15) is 0 Å². The van der Waals surface area contributed by atoms with Crippen molar-refractivity contribution in [3.8, 4) is 10.7 Å². The summed E-state index contributed by atoms with van der Waals surface area (Å²) >= 11 is 1.37. The Morgan fingerprint density at radius 2 is 1.72 bits per heavy atom. The number of carbonyl (C=O) groups excluding carboxylic acids is 4. The fourth-order valence-corrected chi connectivity index (χ4v) is 9.71. The van der Waals surface area contributed by atoms with Gasteiger partial charge in [0, 0.05) is 36.3 Å². The number of thiazole rings is 1. The number of rotatable bonds is 14. The number of aromatic nitrogens is 2. The number of ketones is 1. The number of carbonyl (C=O) groups is 4. The summed E-state index contributed by atoms with van der Waals surface area (Å²) in [6, 6.07) is 4.84. The highest BCUT2D eigenvalue weighted by Gasteiger charge is 2.56. The van der Waals surface area contributed by atoms with Crippen LogP contribution < -0.4 is 5.73 Å². The third-order valence-corrected chi connectivity index (χ3v) is 13.4. The van der Waals surface area contributed by atoms with E-state index in [-0.39, 0.29) is 38.2 Å². The minimum Gasteiger partial charge on any atom is -0.457 e. The van der Waals surface area contributed by atoms with Crippen molar-refractivity contribution in [3.05, 3.63) is 29.3 Å². The number of likely N-dealkylation sites (N-methyl/N-ethyl adjacent to an activating group) is 1. The monoisotopic (exact) mass is 962 g/mol. The molecule has 374 valence electrons. The number of aliphatic imine (C=N–C) groups is 1.